The molecular formula is C24H23N3O2S. The summed E-state index contributed by atoms with van der Waals surface area (Å²) >= 11 is 1.65. The van der Waals surface area contributed by atoms with Crippen LogP contribution in [0.1, 0.15) is 45.5 Å². The second-order valence-corrected chi connectivity index (χ2v) is 7.97. The highest BCUT2D eigenvalue weighted by Crippen LogP contribution is 2.37. The molecule has 0 unspecified atom stereocenters. The highest BCUT2D eigenvalue weighted by atomic mass is 32.1. The maximum atomic E-state index is 10.8. The Balaban J connectivity index is 2.21. The van der Waals surface area contributed by atoms with Crippen molar-refractivity contribution in [3.05, 3.63) is 86.9 Å². The summed E-state index contributed by atoms with van der Waals surface area (Å²) in [7, 11) is 0. The fraction of sp³-hybridized carbons (Fsp3) is 0.125. The van der Waals surface area contributed by atoms with Gasteiger partial charge in [0.25, 0.3) is 0 Å². The van der Waals surface area contributed by atoms with Crippen molar-refractivity contribution in [1.29, 1.82) is 5.41 Å². The van der Waals surface area contributed by atoms with Crippen LogP contribution in [0.4, 0.5) is 5.69 Å². The van der Waals surface area contributed by atoms with Gasteiger partial charge in [-0.05, 0) is 59.4 Å². The molecule has 0 amide bonds. The van der Waals surface area contributed by atoms with E-state index >= 15 is 0 Å². The average molecular weight is 418 g/mol. The van der Waals surface area contributed by atoms with Crippen molar-refractivity contribution in [2.45, 2.75) is 20.3 Å². The molecular weight excluding hydrogens is 394 g/mol. The van der Waals surface area contributed by atoms with Gasteiger partial charge in [0.2, 0.25) is 0 Å². The number of hydrogen-bond donors (Lipinski definition) is 3. The van der Waals surface area contributed by atoms with Crippen molar-refractivity contribution in [3.63, 3.8) is 0 Å². The molecule has 6 heteroatoms. The Morgan fingerprint density at radius 2 is 1.90 bits per heavy atom. The summed E-state index contributed by atoms with van der Waals surface area (Å²) < 4.78 is 0. The predicted octanol–water partition coefficient (Wildman–Crippen LogP) is 5.50. The minimum Gasteiger partial charge on any atom is -0.478 e. The van der Waals surface area contributed by atoms with E-state index in [1.807, 2.05) is 55.6 Å². The SMILES string of the molecule is CC/C(=C(/c1ccc(/C=C/C(=O)O)cc1)c1ccc(N)c(C=N)c1)c1cnc(C)s1. The minimum absolute atomic E-state index is 0.564. The number of nitrogens with zero attached hydrogens (tertiary/aromatic N) is 1. The first-order valence-electron chi connectivity index (χ1n) is 9.50. The van der Waals surface area contributed by atoms with E-state index in [9.17, 15) is 4.79 Å². The number of aryl methyl sites for hydroxylation is 1. The molecule has 3 rings (SSSR count). The fourth-order valence-electron chi connectivity index (χ4n) is 3.27. The van der Waals surface area contributed by atoms with Crippen LogP contribution in [0.2, 0.25) is 0 Å². The molecule has 0 aliphatic heterocycles. The molecule has 0 atom stereocenters. The van der Waals surface area contributed by atoms with Crippen LogP contribution in [0, 0.1) is 12.3 Å². The monoisotopic (exact) mass is 417 g/mol. The van der Waals surface area contributed by atoms with E-state index in [-0.39, 0.29) is 0 Å². The summed E-state index contributed by atoms with van der Waals surface area (Å²) in [6, 6.07) is 13.5. The van der Waals surface area contributed by atoms with Crippen molar-refractivity contribution < 1.29 is 9.90 Å². The van der Waals surface area contributed by atoms with Gasteiger partial charge in [-0.15, -0.1) is 11.3 Å². The standard InChI is InChI=1S/C24H23N3O2S/c1-3-20(22-14-27-15(2)30-22)24(18-9-10-21(26)19(12-18)13-25)17-7-4-16(5-8-17)6-11-23(28)29/h4-14,25H,3,26H2,1-2H3,(H,28,29)/b11-6+,24-20+,25-13?. The van der Waals surface area contributed by atoms with Crippen molar-refractivity contribution in [1.82, 2.24) is 4.98 Å². The number of carboxylic acid groups (broad SMARTS) is 1. The minimum atomic E-state index is -0.977. The molecule has 0 aliphatic rings. The largest absolute Gasteiger partial charge is 0.478 e. The smallest absolute Gasteiger partial charge is 0.328 e. The zero-order valence-electron chi connectivity index (χ0n) is 16.8. The normalized spacial score (nSPS) is 12.1. The van der Waals surface area contributed by atoms with Crippen LogP contribution in [0.3, 0.4) is 0 Å². The maximum absolute atomic E-state index is 10.8. The Morgan fingerprint density at radius 1 is 1.20 bits per heavy atom. The Morgan fingerprint density at radius 3 is 2.47 bits per heavy atom. The summed E-state index contributed by atoms with van der Waals surface area (Å²) in [4.78, 5) is 16.3. The van der Waals surface area contributed by atoms with Gasteiger partial charge in [0.15, 0.2) is 0 Å². The first-order valence-corrected chi connectivity index (χ1v) is 10.3. The van der Waals surface area contributed by atoms with Gasteiger partial charge in [-0.25, -0.2) is 9.78 Å². The summed E-state index contributed by atoms with van der Waals surface area (Å²) in [5.74, 6) is -0.977. The molecule has 4 N–H and O–H groups in total. The molecule has 0 spiro atoms. The molecule has 0 saturated heterocycles. The third kappa shape index (κ3) is 4.72. The van der Waals surface area contributed by atoms with Crippen molar-refractivity contribution in [2.75, 3.05) is 5.73 Å². The second-order valence-electron chi connectivity index (χ2n) is 6.73. The zero-order valence-corrected chi connectivity index (χ0v) is 17.7. The molecule has 5 nitrogen and oxygen atoms in total. The number of rotatable bonds is 7. The van der Waals surface area contributed by atoms with Gasteiger partial charge in [0.05, 0.1) is 9.88 Å². The number of aromatic nitrogens is 1. The van der Waals surface area contributed by atoms with E-state index in [2.05, 4.69) is 11.9 Å². The molecule has 0 radical (unpaired) electrons. The lowest BCUT2D eigenvalue weighted by molar-refractivity contribution is -0.131. The van der Waals surface area contributed by atoms with Gasteiger partial charge >= 0.3 is 5.97 Å². The van der Waals surface area contributed by atoms with E-state index in [0.717, 1.165) is 50.2 Å². The van der Waals surface area contributed by atoms with Gasteiger partial charge in [0.1, 0.15) is 0 Å². The zero-order chi connectivity index (χ0) is 21.7. The van der Waals surface area contributed by atoms with Gasteiger partial charge in [0, 0.05) is 29.7 Å². The van der Waals surface area contributed by atoms with Crippen LogP contribution in [0.15, 0.2) is 54.7 Å². The molecule has 152 valence electrons. The van der Waals surface area contributed by atoms with Crippen LogP contribution < -0.4 is 5.73 Å². The van der Waals surface area contributed by atoms with E-state index in [0.29, 0.717) is 11.3 Å². The van der Waals surface area contributed by atoms with Crippen molar-refractivity contribution in [3.8, 4) is 0 Å². The second kappa shape index (κ2) is 9.33. The number of aliphatic carboxylic acids is 1. The van der Waals surface area contributed by atoms with Crippen LogP contribution in [-0.4, -0.2) is 22.3 Å². The van der Waals surface area contributed by atoms with Crippen LogP contribution >= 0.6 is 11.3 Å². The first kappa shape index (κ1) is 21.2. The molecule has 0 bridgehead atoms. The summed E-state index contributed by atoms with van der Waals surface area (Å²) in [5.41, 5.74) is 12.2. The number of thiazole rings is 1. The summed E-state index contributed by atoms with van der Waals surface area (Å²) in [6.07, 6.45) is 6.66. The Labute approximate surface area is 179 Å². The topological polar surface area (TPSA) is 100 Å². The number of nitrogens with one attached hydrogen (secondary N) is 1. The Hall–Kier alpha value is -3.51. The molecule has 1 heterocycles. The Kier molecular flexibility index (Phi) is 6.59. The van der Waals surface area contributed by atoms with E-state index in [4.69, 9.17) is 16.2 Å². The van der Waals surface area contributed by atoms with Gasteiger partial charge in [-0.2, -0.15) is 0 Å². The summed E-state index contributed by atoms with van der Waals surface area (Å²) in [6.45, 7) is 4.10. The van der Waals surface area contributed by atoms with E-state index in [1.54, 1.807) is 17.4 Å². The molecule has 0 aliphatic carbocycles. The predicted molar refractivity (Wildman–Crippen MR) is 125 cm³/mol. The molecule has 0 saturated carbocycles. The fourth-order valence-corrected chi connectivity index (χ4v) is 4.17. The molecule has 0 fully saturated rings. The number of hydrogen-bond acceptors (Lipinski definition) is 5. The quantitative estimate of drug-likeness (QED) is 0.268. The lowest BCUT2D eigenvalue weighted by Gasteiger charge is -2.16. The average Bonchev–Trinajstić information content (AvgIpc) is 3.17. The Bertz CT molecular complexity index is 1140. The highest BCUT2D eigenvalue weighted by molar-refractivity contribution is 7.12. The first-order chi connectivity index (χ1) is 14.4. The number of anilines is 1. The molecule has 1 aromatic heterocycles. The van der Waals surface area contributed by atoms with Crippen LogP contribution in [0.5, 0.6) is 0 Å². The number of nitrogens with two attached hydrogens (primary N) is 1. The van der Waals surface area contributed by atoms with Gasteiger partial charge < -0.3 is 16.2 Å². The number of benzene rings is 2. The van der Waals surface area contributed by atoms with Gasteiger partial charge in [-0.3, -0.25) is 0 Å². The highest BCUT2D eigenvalue weighted by Gasteiger charge is 2.16. The maximum Gasteiger partial charge on any atom is 0.328 e. The van der Waals surface area contributed by atoms with Crippen molar-refractivity contribution >= 4 is 46.4 Å². The van der Waals surface area contributed by atoms with Gasteiger partial charge in [-0.1, -0.05) is 37.3 Å². The van der Waals surface area contributed by atoms with Crippen LogP contribution in [0.25, 0.3) is 17.2 Å². The van der Waals surface area contributed by atoms with E-state index < -0.39 is 5.97 Å². The molecule has 30 heavy (non-hydrogen) atoms. The van der Waals surface area contributed by atoms with Crippen molar-refractivity contribution in [2.24, 2.45) is 0 Å². The number of allylic oxidation sites excluding steroid dienone is 1. The number of nitrogen functional groups attached to an aromatic ring is 1. The third-order valence-corrected chi connectivity index (χ3v) is 5.70. The lowest BCUT2D eigenvalue weighted by atomic mass is 9.89. The van der Waals surface area contributed by atoms with E-state index in [1.165, 1.54) is 6.21 Å². The third-order valence-electron chi connectivity index (χ3n) is 4.72. The lowest BCUT2D eigenvalue weighted by Crippen LogP contribution is -1.98. The number of carboxylic acids is 1. The molecule has 2 aromatic carbocycles. The number of carbonyl (C=O) groups is 1. The summed E-state index contributed by atoms with van der Waals surface area (Å²) in [5, 5.41) is 17.5. The van der Waals surface area contributed by atoms with Crippen LogP contribution in [-0.2, 0) is 4.79 Å². The molecule has 3 aromatic rings.